The molecule has 10 heteroatoms. The van der Waals surface area contributed by atoms with Crippen LogP contribution < -0.4 is 0 Å². The molecule has 5 heterocycles. The normalized spacial score (nSPS) is 15.4. The highest BCUT2D eigenvalue weighted by atomic mass is 16.2. The van der Waals surface area contributed by atoms with E-state index >= 15 is 0 Å². The third kappa shape index (κ3) is 3.94. The van der Waals surface area contributed by atoms with Crippen molar-refractivity contribution in [2.45, 2.75) is 18.4 Å². The number of Topliss-reactive ketones (excluding diaryl/α,β-unsaturated/α-hetero) is 1. The lowest BCUT2D eigenvalue weighted by Gasteiger charge is -2.46. The number of pyridine rings is 2. The predicted octanol–water partition coefficient (Wildman–Crippen LogP) is 5.87. The van der Waals surface area contributed by atoms with Crippen LogP contribution in [0.3, 0.4) is 0 Å². The standard InChI is InChI=1S/C37H25N7O3/c1-42-20-31(38-21-42)34-41-40-33-29-17-28(22-7-3-2-4-8-22)32(39-30(29)15-16-43(33)34)23-11-13-24(14-12-23)37(18-25(45)19-37)44-35(46)26-9-5-6-10-27(26)36(44)47/h2-17,20-21H,18-19H2,1H3. The van der Waals surface area contributed by atoms with Gasteiger partial charge < -0.3 is 4.57 Å². The summed E-state index contributed by atoms with van der Waals surface area (Å²) in [4.78, 5) is 50.3. The summed E-state index contributed by atoms with van der Waals surface area (Å²) in [6, 6.07) is 28.6. The Morgan fingerprint density at radius 3 is 2.11 bits per heavy atom. The number of benzene rings is 3. The first kappa shape index (κ1) is 27.1. The van der Waals surface area contributed by atoms with Crippen LogP contribution in [-0.2, 0) is 17.4 Å². The fraction of sp³-hybridized carbons (Fsp3) is 0.108. The van der Waals surface area contributed by atoms with Crippen molar-refractivity contribution < 1.29 is 14.4 Å². The van der Waals surface area contributed by atoms with Crippen molar-refractivity contribution in [3.8, 4) is 33.9 Å². The molecule has 0 saturated heterocycles. The number of aromatic nitrogens is 6. The molecule has 7 aromatic rings. The molecule has 2 aliphatic rings. The zero-order valence-electron chi connectivity index (χ0n) is 25.2. The first-order chi connectivity index (χ1) is 22.9. The van der Waals surface area contributed by atoms with Crippen molar-refractivity contribution in [2.75, 3.05) is 0 Å². The van der Waals surface area contributed by atoms with Gasteiger partial charge in [-0.3, -0.25) is 23.7 Å². The van der Waals surface area contributed by atoms with E-state index in [0.29, 0.717) is 22.6 Å². The quantitative estimate of drug-likeness (QED) is 0.223. The number of carbonyl (C=O) groups is 3. The molecular formula is C37H25N7O3. The second-order valence-electron chi connectivity index (χ2n) is 12.1. The van der Waals surface area contributed by atoms with E-state index in [2.05, 4.69) is 21.2 Å². The number of amides is 2. The van der Waals surface area contributed by atoms with Gasteiger partial charge in [0.05, 0.1) is 34.2 Å². The maximum Gasteiger partial charge on any atom is 0.262 e. The first-order valence-corrected chi connectivity index (χ1v) is 15.2. The monoisotopic (exact) mass is 615 g/mol. The van der Waals surface area contributed by atoms with Gasteiger partial charge in [0.15, 0.2) is 11.5 Å². The summed E-state index contributed by atoms with van der Waals surface area (Å²) < 4.78 is 3.79. The fourth-order valence-corrected chi connectivity index (χ4v) is 6.96. The average molecular weight is 616 g/mol. The van der Waals surface area contributed by atoms with Gasteiger partial charge in [-0.15, -0.1) is 10.2 Å². The predicted molar refractivity (Wildman–Crippen MR) is 174 cm³/mol. The lowest BCUT2D eigenvalue weighted by atomic mass is 9.69. The molecule has 1 saturated carbocycles. The lowest BCUT2D eigenvalue weighted by Crippen LogP contribution is -2.57. The maximum absolute atomic E-state index is 13.5. The van der Waals surface area contributed by atoms with E-state index in [4.69, 9.17) is 4.98 Å². The van der Waals surface area contributed by atoms with E-state index < -0.39 is 5.54 Å². The lowest BCUT2D eigenvalue weighted by molar-refractivity contribution is -0.132. The van der Waals surface area contributed by atoms with Gasteiger partial charge in [-0.25, -0.2) is 9.97 Å². The maximum atomic E-state index is 13.5. The SMILES string of the molecule is Cn1cnc(-c2nnc3c4cc(-c5ccccc5)c(-c5ccc(C6(N7C(=O)c8ccccc8C7=O)CC(=O)C6)cc5)nc4ccn23)c1. The zero-order chi connectivity index (χ0) is 31.9. The number of rotatable bonds is 5. The highest BCUT2D eigenvalue weighted by molar-refractivity contribution is 6.22. The van der Waals surface area contributed by atoms with Gasteiger partial charge in [0.2, 0.25) is 0 Å². The molecule has 0 unspecified atom stereocenters. The molecule has 0 bridgehead atoms. The Kier molecular flexibility index (Phi) is 5.67. The molecule has 1 fully saturated rings. The van der Waals surface area contributed by atoms with Crippen LogP contribution in [0.15, 0.2) is 110 Å². The Balaban J connectivity index is 1.16. The average Bonchev–Trinajstić information content (AvgIpc) is 3.79. The van der Waals surface area contributed by atoms with Gasteiger partial charge in [-0.2, -0.15) is 0 Å². The van der Waals surface area contributed by atoms with Gasteiger partial charge >= 0.3 is 0 Å². The van der Waals surface area contributed by atoms with Gasteiger partial charge in [0.25, 0.3) is 11.8 Å². The number of aryl methyl sites for hydroxylation is 1. The molecule has 4 aromatic heterocycles. The van der Waals surface area contributed by atoms with Crippen molar-refractivity contribution >= 4 is 34.1 Å². The number of carbonyl (C=O) groups excluding carboxylic acids is 3. The second-order valence-corrected chi connectivity index (χ2v) is 12.1. The van der Waals surface area contributed by atoms with Crippen molar-refractivity contribution in [2.24, 2.45) is 7.05 Å². The Bertz CT molecular complexity index is 2400. The molecular weight excluding hydrogens is 590 g/mol. The number of ketones is 1. The van der Waals surface area contributed by atoms with Gasteiger partial charge in [-0.1, -0.05) is 66.7 Å². The molecule has 1 aliphatic carbocycles. The summed E-state index contributed by atoms with van der Waals surface area (Å²) in [7, 11) is 1.91. The van der Waals surface area contributed by atoms with E-state index in [0.717, 1.165) is 44.5 Å². The third-order valence-electron chi connectivity index (χ3n) is 9.29. The molecule has 3 aromatic carbocycles. The van der Waals surface area contributed by atoms with E-state index in [-0.39, 0.29) is 30.4 Å². The summed E-state index contributed by atoms with van der Waals surface area (Å²) in [5.74, 6) is -0.0736. The minimum Gasteiger partial charge on any atom is -0.340 e. The van der Waals surface area contributed by atoms with Crippen LogP contribution in [-0.4, -0.2) is 51.6 Å². The summed E-state index contributed by atoms with van der Waals surface area (Å²) in [5.41, 5.74) is 6.13. The number of hydrogen-bond acceptors (Lipinski definition) is 7. The highest BCUT2D eigenvalue weighted by Crippen LogP contribution is 2.48. The van der Waals surface area contributed by atoms with E-state index in [1.54, 1.807) is 30.6 Å². The Morgan fingerprint density at radius 1 is 0.745 bits per heavy atom. The van der Waals surface area contributed by atoms with Gasteiger partial charge in [0, 0.05) is 48.8 Å². The molecule has 0 N–H and O–H groups in total. The van der Waals surface area contributed by atoms with E-state index in [1.165, 1.54) is 4.90 Å². The minimum atomic E-state index is -1.02. The topological polar surface area (TPSA) is 115 Å². The largest absolute Gasteiger partial charge is 0.340 e. The molecule has 1 aliphatic heterocycles. The number of imidazole rings is 1. The van der Waals surface area contributed by atoms with Crippen LogP contribution in [0, 0.1) is 0 Å². The Hall–Kier alpha value is -6.29. The number of imide groups is 1. The van der Waals surface area contributed by atoms with Gasteiger partial charge in [0.1, 0.15) is 11.5 Å². The molecule has 47 heavy (non-hydrogen) atoms. The molecule has 226 valence electrons. The third-order valence-corrected chi connectivity index (χ3v) is 9.29. The van der Waals surface area contributed by atoms with Crippen LogP contribution >= 0.6 is 0 Å². The van der Waals surface area contributed by atoms with Crippen molar-refractivity contribution in [1.82, 2.24) is 34.0 Å². The van der Waals surface area contributed by atoms with Gasteiger partial charge in [-0.05, 0) is 35.4 Å². The molecule has 2 amide bonds. The Labute approximate surface area is 268 Å². The first-order valence-electron chi connectivity index (χ1n) is 15.2. The second kappa shape index (κ2) is 9.85. The minimum absolute atomic E-state index is 0.0131. The number of nitrogens with zero attached hydrogens (tertiary/aromatic N) is 7. The van der Waals surface area contributed by atoms with Crippen molar-refractivity contribution in [3.05, 3.63) is 126 Å². The Morgan fingerprint density at radius 2 is 1.45 bits per heavy atom. The molecule has 10 nitrogen and oxygen atoms in total. The number of fused-ring (bicyclic) bond motifs is 4. The summed E-state index contributed by atoms with van der Waals surface area (Å²) in [6.07, 6.45) is 5.73. The molecule has 0 spiro atoms. The fourth-order valence-electron chi connectivity index (χ4n) is 6.96. The number of hydrogen-bond donors (Lipinski definition) is 0. The zero-order valence-corrected chi connectivity index (χ0v) is 25.2. The summed E-state index contributed by atoms with van der Waals surface area (Å²) in [5, 5.41) is 9.83. The van der Waals surface area contributed by atoms with Crippen LogP contribution in [0.25, 0.3) is 50.5 Å². The summed E-state index contributed by atoms with van der Waals surface area (Å²) >= 11 is 0. The van der Waals surface area contributed by atoms with Crippen LogP contribution in [0.4, 0.5) is 0 Å². The smallest absolute Gasteiger partial charge is 0.262 e. The van der Waals surface area contributed by atoms with E-state index in [9.17, 15) is 14.4 Å². The molecule has 0 radical (unpaired) electrons. The van der Waals surface area contributed by atoms with Crippen molar-refractivity contribution in [1.29, 1.82) is 0 Å². The van der Waals surface area contributed by atoms with Crippen molar-refractivity contribution in [3.63, 3.8) is 0 Å². The molecule has 0 atom stereocenters. The van der Waals surface area contributed by atoms with Crippen LogP contribution in [0.5, 0.6) is 0 Å². The van der Waals surface area contributed by atoms with E-state index in [1.807, 2.05) is 89.1 Å². The summed E-state index contributed by atoms with van der Waals surface area (Å²) in [6.45, 7) is 0. The van der Waals surface area contributed by atoms with Crippen LogP contribution in [0.2, 0.25) is 0 Å². The highest BCUT2D eigenvalue weighted by Gasteiger charge is 2.56. The van der Waals surface area contributed by atoms with Crippen LogP contribution in [0.1, 0.15) is 39.1 Å². The molecule has 9 rings (SSSR count).